The van der Waals surface area contributed by atoms with Gasteiger partial charge in [-0.1, -0.05) is 0 Å². The minimum absolute atomic E-state index is 0.168. The van der Waals surface area contributed by atoms with Crippen molar-refractivity contribution in [2.45, 2.75) is 13.3 Å². The third-order valence-electron chi connectivity index (χ3n) is 0.920. The van der Waals surface area contributed by atoms with Gasteiger partial charge in [-0.15, -0.1) is 0 Å². The lowest BCUT2D eigenvalue weighted by atomic mass is 10.0. The zero-order valence-electron chi connectivity index (χ0n) is 5.01. The van der Waals surface area contributed by atoms with Crippen LogP contribution in [0.15, 0.2) is 0 Å². The zero-order chi connectivity index (χ0) is 7.28. The van der Waals surface area contributed by atoms with Gasteiger partial charge >= 0.3 is 0 Å². The van der Waals surface area contributed by atoms with Gasteiger partial charge < -0.3 is 0 Å². The molecule has 0 saturated carbocycles. The van der Waals surface area contributed by atoms with Crippen LogP contribution in [0.1, 0.15) is 13.3 Å². The Morgan fingerprint density at radius 1 is 1.56 bits per heavy atom. The summed E-state index contributed by atoms with van der Waals surface area (Å²) < 4.78 is 0. The lowest BCUT2D eigenvalue weighted by molar-refractivity contribution is -0.118. The molecule has 0 aliphatic rings. The van der Waals surface area contributed by atoms with Gasteiger partial charge in [0.2, 0.25) is 6.29 Å². The Morgan fingerprint density at radius 3 is 2.22 bits per heavy atom. The SMILES string of the molecule is CC(=O)C([C]=O)C[C]=O. The lowest BCUT2D eigenvalue weighted by Gasteiger charge is -1.94. The fraction of sp³-hybridized carbons (Fsp3) is 0.500. The van der Waals surface area contributed by atoms with Crippen LogP contribution in [0.4, 0.5) is 0 Å². The topological polar surface area (TPSA) is 51.2 Å². The first-order valence-electron chi connectivity index (χ1n) is 2.45. The fourth-order valence-corrected chi connectivity index (χ4v) is 0.352. The van der Waals surface area contributed by atoms with Gasteiger partial charge in [-0.05, 0) is 6.92 Å². The number of Topliss-reactive ketones (excluding diaryl/α,β-unsaturated/α-hetero) is 1. The smallest absolute Gasteiger partial charge is 0.210 e. The molecule has 0 saturated heterocycles. The quantitative estimate of drug-likeness (QED) is 0.490. The first-order chi connectivity index (χ1) is 4.22. The van der Waals surface area contributed by atoms with Crippen LogP contribution >= 0.6 is 0 Å². The summed E-state index contributed by atoms with van der Waals surface area (Å²) in [7, 11) is 0. The predicted molar refractivity (Wildman–Crippen MR) is 30.2 cm³/mol. The molecule has 1 atom stereocenters. The minimum atomic E-state index is -0.900. The van der Waals surface area contributed by atoms with E-state index in [1.165, 1.54) is 19.5 Å². The van der Waals surface area contributed by atoms with E-state index in [0.29, 0.717) is 0 Å². The molecule has 2 radical (unpaired) electrons. The summed E-state index contributed by atoms with van der Waals surface area (Å²) in [5, 5.41) is 0. The normalized spacial score (nSPS) is 12.1. The van der Waals surface area contributed by atoms with Gasteiger partial charge in [0.15, 0.2) is 6.29 Å². The number of ketones is 1. The molecule has 0 rings (SSSR count). The van der Waals surface area contributed by atoms with Crippen LogP contribution in [-0.4, -0.2) is 18.4 Å². The highest BCUT2D eigenvalue weighted by Crippen LogP contribution is 1.96. The summed E-state index contributed by atoms with van der Waals surface area (Å²) >= 11 is 0. The second-order valence-corrected chi connectivity index (χ2v) is 1.63. The third kappa shape index (κ3) is 2.74. The average molecular weight is 126 g/mol. The van der Waals surface area contributed by atoms with Crippen molar-refractivity contribution in [2.75, 3.05) is 0 Å². The monoisotopic (exact) mass is 126 g/mol. The molecule has 0 aromatic rings. The first kappa shape index (κ1) is 8.01. The van der Waals surface area contributed by atoms with Crippen LogP contribution in [0.3, 0.4) is 0 Å². The van der Waals surface area contributed by atoms with E-state index >= 15 is 0 Å². The van der Waals surface area contributed by atoms with Gasteiger partial charge in [0.1, 0.15) is 5.78 Å². The average Bonchev–Trinajstić information content (AvgIpc) is 1.82. The van der Waals surface area contributed by atoms with Crippen molar-refractivity contribution in [2.24, 2.45) is 5.92 Å². The van der Waals surface area contributed by atoms with Crippen molar-refractivity contribution < 1.29 is 14.4 Å². The van der Waals surface area contributed by atoms with Crippen LogP contribution < -0.4 is 0 Å². The molecule has 0 aliphatic carbocycles. The molecule has 0 aromatic heterocycles. The highest BCUT2D eigenvalue weighted by molar-refractivity contribution is 5.93. The van der Waals surface area contributed by atoms with E-state index in [-0.39, 0.29) is 12.2 Å². The Hall–Kier alpha value is -0.990. The molecular formula is C6H6O3. The summed E-state index contributed by atoms with van der Waals surface area (Å²) in [6, 6.07) is 0. The number of hydrogen-bond acceptors (Lipinski definition) is 3. The summed E-state index contributed by atoms with van der Waals surface area (Å²) in [5.41, 5.74) is 0. The zero-order valence-corrected chi connectivity index (χ0v) is 5.01. The summed E-state index contributed by atoms with van der Waals surface area (Å²) in [6.45, 7) is 1.24. The van der Waals surface area contributed by atoms with Gasteiger partial charge in [0.05, 0.1) is 5.92 Å². The maximum Gasteiger partial charge on any atom is 0.210 e. The first-order valence-corrected chi connectivity index (χ1v) is 2.45. The Bertz CT molecular complexity index is 128. The minimum Gasteiger partial charge on any atom is -0.299 e. The van der Waals surface area contributed by atoms with Crippen LogP contribution in [-0.2, 0) is 14.4 Å². The van der Waals surface area contributed by atoms with Gasteiger partial charge in [-0.25, -0.2) is 0 Å². The molecule has 48 valence electrons. The van der Waals surface area contributed by atoms with Crippen LogP contribution in [0, 0.1) is 5.92 Å². The van der Waals surface area contributed by atoms with Crippen molar-refractivity contribution in [3.8, 4) is 0 Å². The molecule has 0 fully saturated rings. The van der Waals surface area contributed by atoms with E-state index in [0.717, 1.165) is 0 Å². The van der Waals surface area contributed by atoms with Crippen molar-refractivity contribution >= 4 is 18.4 Å². The Morgan fingerprint density at radius 2 is 2.11 bits per heavy atom. The molecule has 1 unspecified atom stereocenters. The van der Waals surface area contributed by atoms with Crippen LogP contribution in [0.5, 0.6) is 0 Å². The van der Waals surface area contributed by atoms with Gasteiger partial charge in [-0.2, -0.15) is 0 Å². The Kier molecular flexibility index (Phi) is 3.51. The highest BCUT2D eigenvalue weighted by Gasteiger charge is 2.12. The molecule has 0 spiro atoms. The van der Waals surface area contributed by atoms with E-state index in [2.05, 4.69) is 0 Å². The van der Waals surface area contributed by atoms with E-state index in [1.807, 2.05) is 0 Å². The Balaban J connectivity index is 3.81. The standard InChI is InChI=1S/C6H6O3/c1-5(9)6(4-8)2-3-7/h6H,2H2,1H3. The second kappa shape index (κ2) is 3.95. The van der Waals surface area contributed by atoms with E-state index < -0.39 is 5.92 Å². The molecule has 3 heteroatoms. The number of carbonyl (C=O) groups is 1. The second-order valence-electron chi connectivity index (χ2n) is 1.63. The summed E-state index contributed by atoms with van der Waals surface area (Å²) in [6.07, 6.45) is 2.74. The van der Waals surface area contributed by atoms with Crippen molar-refractivity contribution in [3.63, 3.8) is 0 Å². The van der Waals surface area contributed by atoms with Gasteiger partial charge in [0.25, 0.3) is 0 Å². The van der Waals surface area contributed by atoms with Crippen molar-refractivity contribution in [1.82, 2.24) is 0 Å². The van der Waals surface area contributed by atoms with Crippen LogP contribution in [0.25, 0.3) is 0 Å². The van der Waals surface area contributed by atoms with E-state index in [9.17, 15) is 14.4 Å². The lowest BCUT2D eigenvalue weighted by Crippen LogP contribution is -2.12. The summed E-state index contributed by atoms with van der Waals surface area (Å²) in [5.74, 6) is -1.24. The molecule has 3 nitrogen and oxygen atoms in total. The fourth-order valence-electron chi connectivity index (χ4n) is 0.352. The molecule has 0 N–H and O–H groups in total. The maximum absolute atomic E-state index is 10.3. The Labute approximate surface area is 53.0 Å². The molecule has 0 heterocycles. The molecule has 0 amide bonds. The molecule has 0 aromatic carbocycles. The van der Waals surface area contributed by atoms with E-state index in [1.54, 1.807) is 0 Å². The van der Waals surface area contributed by atoms with Crippen LogP contribution in [0.2, 0.25) is 0 Å². The van der Waals surface area contributed by atoms with Gasteiger partial charge in [-0.3, -0.25) is 14.4 Å². The molecule has 9 heavy (non-hydrogen) atoms. The number of rotatable bonds is 4. The summed E-state index contributed by atoms with van der Waals surface area (Å²) in [4.78, 5) is 29.8. The maximum atomic E-state index is 10.3. The largest absolute Gasteiger partial charge is 0.299 e. The number of hydrogen-bond donors (Lipinski definition) is 0. The third-order valence-corrected chi connectivity index (χ3v) is 0.920. The van der Waals surface area contributed by atoms with E-state index in [4.69, 9.17) is 0 Å². The highest BCUT2D eigenvalue weighted by atomic mass is 16.1. The predicted octanol–water partition coefficient (Wildman–Crippen LogP) is -0.199. The molecule has 0 aliphatic heterocycles. The molecule has 0 bridgehead atoms. The van der Waals surface area contributed by atoms with Gasteiger partial charge in [0, 0.05) is 6.42 Å². The molecular weight excluding hydrogens is 120 g/mol. The van der Waals surface area contributed by atoms with Crippen molar-refractivity contribution in [1.29, 1.82) is 0 Å². The van der Waals surface area contributed by atoms with Crippen molar-refractivity contribution in [3.05, 3.63) is 0 Å². The number of carbonyl (C=O) groups excluding carboxylic acids is 3.